The van der Waals surface area contributed by atoms with E-state index in [0.29, 0.717) is 11.6 Å². The van der Waals surface area contributed by atoms with Gasteiger partial charge in [0, 0.05) is 17.3 Å². The fraction of sp³-hybridized carbons (Fsp3) is 0.136. The molecule has 120 valence electrons. The van der Waals surface area contributed by atoms with Crippen molar-refractivity contribution >= 4 is 28.3 Å². The number of hydrogen-bond acceptors (Lipinski definition) is 2. The number of ketones is 1. The van der Waals surface area contributed by atoms with Gasteiger partial charge in [-0.2, -0.15) is 0 Å². The van der Waals surface area contributed by atoms with Crippen LogP contribution in [-0.2, 0) is 0 Å². The second kappa shape index (κ2) is 7.14. The second-order valence-electron chi connectivity index (χ2n) is 6.18. The van der Waals surface area contributed by atoms with E-state index in [1.807, 2.05) is 72.8 Å². The van der Waals surface area contributed by atoms with Crippen LogP contribution in [-0.4, -0.2) is 11.8 Å². The van der Waals surface area contributed by atoms with Crippen molar-refractivity contribution in [2.75, 3.05) is 5.32 Å². The van der Waals surface area contributed by atoms with E-state index in [1.165, 1.54) is 0 Å². The smallest absolute Gasteiger partial charge is 0.185 e. The molecule has 0 atom stereocenters. The van der Waals surface area contributed by atoms with Crippen molar-refractivity contribution in [3.05, 3.63) is 83.9 Å². The van der Waals surface area contributed by atoms with Crippen LogP contribution in [0.15, 0.2) is 72.8 Å². The van der Waals surface area contributed by atoms with Gasteiger partial charge in [0.1, 0.15) is 0 Å². The van der Waals surface area contributed by atoms with Gasteiger partial charge in [0.15, 0.2) is 5.78 Å². The van der Waals surface area contributed by atoms with Crippen LogP contribution in [0.25, 0.3) is 16.8 Å². The standard InChI is InChI=1S/C22H21NO/c1-16(2)23-21-12-7-17(8-13-21)9-14-22(24)20-11-10-18-5-3-4-6-19(18)15-20/h3-16,23H,1-2H3. The number of carbonyl (C=O) groups is 1. The molecule has 0 amide bonds. The first-order valence-corrected chi connectivity index (χ1v) is 8.19. The van der Waals surface area contributed by atoms with Crippen LogP contribution in [0.1, 0.15) is 29.8 Å². The average Bonchev–Trinajstić information content (AvgIpc) is 2.60. The van der Waals surface area contributed by atoms with E-state index in [2.05, 4.69) is 19.2 Å². The zero-order chi connectivity index (χ0) is 16.9. The van der Waals surface area contributed by atoms with Crippen LogP contribution in [0.4, 0.5) is 5.69 Å². The quantitative estimate of drug-likeness (QED) is 0.493. The van der Waals surface area contributed by atoms with Crippen molar-refractivity contribution in [1.82, 2.24) is 0 Å². The molecule has 0 aliphatic heterocycles. The topological polar surface area (TPSA) is 29.1 Å². The van der Waals surface area contributed by atoms with Crippen LogP contribution in [0.5, 0.6) is 0 Å². The lowest BCUT2D eigenvalue weighted by atomic mass is 10.0. The number of allylic oxidation sites excluding steroid dienone is 1. The van der Waals surface area contributed by atoms with Gasteiger partial charge in [-0.25, -0.2) is 0 Å². The lowest BCUT2D eigenvalue weighted by molar-refractivity contribution is 0.104. The maximum atomic E-state index is 12.4. The molecule has 3 aromatic rings. The zero-order valence-corrected chi connectivity index (χ0v) is 14.0. The van der Waals surface area contributed by atoms with Crippen LogP contribution < -0.4 is 5.32 Å². The molecule has 24 heavy (non-hydrogen) atoms. The highest BCUT2D eigenvalue weighted by Crippen LogP contribution is 2.17. The van der Waals surface area contributed by atoms with Crippen molar-refractivity contribution in [3.63, 3.8) is 0 Å². The first kappa shape index (κ1) is 16.0. The Kier molecular flexibility index (Phi) is 4.76. The molecule has 0 aliphatic rings. The molecule has 0 unspecified atom stereocenters. The molecule has 0 heterocycles. The molecule has 0 spiro atoms. The molecule has 0 saturated carbocycles. The average molecular weight is 315 g/mol. The summed E-state index contributed by atoms with van der Waals surface area (Å²) in [5.74, 6) is 0.0186. The van der Waals surface area contributed by atoms with Crippen LogP contribution in [0.2, 0.25) is 0 Å². The molecule has 0 aromatic heterocycles. The first-order chi connectivity index (χ1) is 11.6. The fourth-order valence-corrected chi connectivity index (χ4v) is 2.63. The predicted molar refractivity (Wildman–Crippen MR) is 103 cm³/mol. The summed E-state index contributed by atoms with van der Waals surface area (Å²) in [6.45, 7) is 4.21. The van der Waals surface area contributed by atoms with Gasteiger partial charge in [0.25, 0.3) is 0 Å². The third-order valence-electron chi connectivity index (χ3n) is 3.83. The van der Waals surface area contributed by atoms with Crippen molar-refractivity contribution in [1.29, 1.82) is 0 Å². The highest BCUT2D eigenvalue weighted by Gasteiger charge is 2.03. The lowest BCUT2D eigenvalue weighted by Crippen LogP contribution is -2.09. The summed E-state index contributed by atoms with van der Waals surface area (Å²) in [5.41, 5.74) is 2.81. The van der Waals surface area contributed by atoms with Gasteiger partial charge in [0.2, 0.25) is 0 Å². The largest absolute Gasteiger partial charge is 0.383 e. The van der Waals surface area contributed by atoms with Gasteiger partial charge in [-0.05, 0) is 54.5 Å². The number of hydrogen-bond donors (Lipinski definition) is 1. The van der Waals surface area contributed by atoms with Gasteiger partial charge < -0.3 is 5.32 Å². The summed E-state index contributed by atoms with van der Waals surface area (Å²) in [6, 6.07) is 22.3. The number of rotatable bonds is 5. The van der Waals surface area contributed by atoms with E-state index in [4.69, 9.17) is 0 Å². The molecule has 3 aromatic carbocycles. The summed E-state index contributed by atoms with van der Waals surface area (Å²) < 4.78 is 0. The minimum atomic E-state index is 0.0186. The maximum absolute atomic E-state index is 12.4. The van der Waals surface area contributed by atoms with Gasteiger partial charge >= 0.3 is 0 Å². The Hall–Kier alpha value is -2.87. The molecule has 2 nitrogen and oxygen atoms in total. The molecule has 0 aliphatic carbocycles. The molecule has 2 heteroatoms. The predicted octanol–water partition coefficient (Wildman–Crippen LogP) is 5.56. The van der Waals surface area contributed by atoms with Gasteiger partial charge in [-0.3, -0.25) is 4.79 Å². The van der Waals surface area contributed by atoms with Crippen LogP contribution in [0.3, 0.4) is 0 Å². The Morgan fingerprint density at radius 3 is 2.33 bits per heavy atom. The monoisotopic (exact) mass is 315 g/mol. The Bertz CT molecular complexity index is 876. The molecule has 0 bridgehead atoms. The van der Waals surface area contributed by atoms with Crippen molar-refractivity contribution in [3.8, 4) is 0 Å². The van der Waals surface area contributed by atoms with E-state index in [1.54, 1.807) is 6.08 Å². The second-order valence-corrected chi connectivity index (χ2v) is 6.18. The third-order valence-corrected chi connectivity index (χ3v) is 3.83. The summed E-state index contributed by atoms with van der Waals surface area (Å²) in [7, 11) is 0. The molecule has 0 fully saturated rings. The lowest BCUT2D eigenvalue weighted by Gasteiger charge is -2.09. The third kappa shape index (κ3) is 3.90. The number of anilines is 1. The van der Waals surface area contributed by atoms with Gasteiger partial charge in [-0.15, -0.1) is 0 Å². The molecular weight excluding hydrogens is 294 g/mol. The Morgan fingerprint density at radius 2 is 1.62 bits per heavy atom. The van der Waals surface area contributed by atoms with E-state index in [9.17, 15) is 4.79 Å². The molecule has 0 saturated heterocycles. The molecule has 3 rings (SSSR count). The number of nitrogens with one attached hydrogen (secondary N) is 1. The Balaban J connectivity index is 1.74. The van der Waals surface area contributed by atoms with Crippen molar-refractivity contribution in [2.45, 2.75) is 19.9 Å². The summed E-state index contributed by atoms with van der Waals surface area (Å²) in [6.07, 6.45) is 3.49. The van der Waals surface area contributed by atoms with Gasteiger partial charge in [-0.1, -0.05) is 54.6 Å². The first-order valence-electron chi connectivity index (χ1n) is 8.19. The highest BCUT2D eigenvalue weighted by atomic mass is 16.1. The highest BCUT2D eigenvalue weighted by molar-refractivity contribution is 6.08. The Morgan fingerprint density at radius 1 is 0.917 bits per heavy atom. The SMILES string of the molecule is CC(C)Nc1ccc(C=CC(=O)c2ccc3ccccc3c2)cc1. The van der Waals surface area contributed by atoms with Crippen molar-refractivity contribution in [2.24, 2.45) is 0 Å². The minimum absolute atomic E-state index is 0.0186. The maximum Gasteiger partial charge on any atom is 0.185 e. The van der Waals surface area contributed by atoms with Crippen LogP contribution in [0, 0.1) is 0 Å². The number of benzene rings is 3. The molecular formula is C22H21NO. The number of carbonyl (C=O) groups excluding carboxylic acids is 1. The fourth-order valence-electron chi connectivity index (χ4n) is 2.63. The van der Waals surface area contributed by atoms with Crippen LogP contribution >= 0.6 is 0 Å². The minimum Gasteiger partial charge on any atom is -0.383 e. The summed E-state index contributed by atoms with van der Waals surface area (Å²) in [4.78, 5) is 12.4. The van der Waals surface area contributed by atoms with Crippen molar-refractivity contribution < 1.29 is 4.79 Å². The van der Waals surface area contributed by atoms with E-state index in [0.717, 1.165) is 22.0 Å². The Labute approximate surface area is 142 Å². The van der Waals surface area contributed by atoms with E-state index in [-0.39, 0.29) is 5.78 Å². The van der Waals surface area contributed by atoms with E-state index < -0.39 is 0 Å². The molecule has 0 radical (unpaired) electrons. The number of fused-ring (bicyclic) bond motifs is 1. The molecule has 1 N–H and O–H groups in total. The zero-order valence-electron chi connectivity index (χ0n) is 14.0. The normalized spacial score (nSPS) is 11.3. The van der Waals surface area contributed by atoms with E-state index >= 15 is 0 Å². The summed E-state index contributed by atoms with van der Waals surface area (Å²) in [5, 5.41) is 5.58. The van der Waals surface area contributed by atoms with Gasteiger partial charge in [0.05, 0.1) is 0 Å². The summed E-state index contributed by atoms with van der Waals surface area (Å²) >= 11 is 0.